The molecule has 0 saturated carbocycles. The van der Waals surface area contributed by atoms with Gasteiger partial charge in [0.2, 0.25) is 0 Å². The fourth-order valence-electron chi connectivity index (χ4n) is 3.05. The summed E-state index contributed by atoms with van der Waals surface area (Å²) in [7, 11) is 0. The molecule has 1 saturated heterocycles. The second-order valence-electron chi connectivity index (χ2n) is 8.21. The molecule has 3 rings (SSSR count). The van der Waals surface area contributed by atoms with Gasteiger partial charge in [0.25, 0.3) is 11.8 Å². The van der Waals surface area contributed by atoms with Crippen molar-refractivity contribution in [3.8, 4) is 5.75 Å². The first-order chi connectivity index (χ1) is 13.8. The van der Waals surface area contributed by atoms with Crippen LogP contribution in [-0.2, 0) is 10.2 Å². The van der Waals surface area contributed by atoms with Crippen molar-refractivity contribution in [1.29, 1.82) is 0 Å². The molecule has 6 nitrogen and oxygen atoms in total. The Hall–Kier alpha value is -2.86. The zero-order valence-electron chi connectivity index (χ0n) is 17.2. The number of rotatable bonds is 5. The molecule has 2 aromatic rings. The lowest BCUT2D eigenvalue weighted by molar-refractivity contribution is 0.0679. The van der Waals surface area contributed by atoms with E-state index in [1.165, 1.54) is 0 Å². The van der Waals surface area contributed by atoms with E-state index in [2.05, 4.69) is 31.6 Å². The molecule has 0 spiro atoms. The topological polar surface area (TPSA) is 76.7 Å². The first-order valence-corrected chi connectivity index (χ1v) is 9.88. The van der Waals surface area contributed by atoms with Gasteiger partial charge in [0.05, 0.1) is 6.10 Å². The Labute approximate surface area is 171 Å². The summed E-state index contributed by atoms with van der Waals surface area (Å²) in [5.74, 6) is -0.0781. The lowest BCUT2D eigenvalue weighted by Crippen LogP contribution is -2.41. The Balaban J connectivity index is 1.48. The van der Waals surface area contributed by atoms with Gasteiger partial charge in [0.15, 0.2) is 0 Å². The van der Waals surface area contributed by atoms with Gasteiger partial charge in [-0.15, -0.1) is 0 Å². The van der Waals surface area contributed by atoms with Crippen molar-refractivity contribution >= 4 is 11.8 Å². The minimum Gasteiger partial charge on any atom is -0.491 e. The van der Waals surface area contributed by atoms with Crippen molar-refractivity contribution in [2.75, 3.05) is 13.2 Å². The van der Waals surface area contributed by atoms with Crippen LogP contribution in [0.5, 0.6) is 5.75 Å². The van der Waals surface area contributed by atoms with E-state index in [9.17, 15) is 9.59 Å². The summed E-state index contributed by atoms with van der Waals surface area (Å²) in [5.41, 5.74) is 6.95. The monoisotopic (exact) mass is 396 g/mol. The minimum absolute atomic E-state index is 0.0171. The van der Waals surface area contributed by atoms with E-state index in [-0.39, 0.29) is 17.4 Å². The van der Waals surface area contributed by atoms with Crippen molar-refractivity contribution in [2.45, 2.75) is 45.1 Å². The van der Waals surface area contributed by atoms with Gasteiger partial charge in [0, 0.05) is 17.7 Å². The third-order valence-electron chi connectivity index (χ3n) is 4.88. The van der Waals surface area contributed by atoms with Crippen LogP contribution in [0.2, 0.25) is 0 Å². The van der Waals surface area contributed by atoms with Crippen LogP contribution in [0, 0.1) is 0 Å². The maximum absolute atomic E-state index is 12.3. The van der Waals surface area contributed by atoms with E-state index in [1.807, 2.05) is 12.1 Å². The standard InChI is InChI=1S/C23H28N2O4/c1-23(2,3)18-10-6-16(7-11-18)21(26)24-25-22(27)17-8-12-19(13-9-17)29-15-20-5-4-14-28-20/h6-13,20H,4-5,14-15H2,1-3H3,(H,24,26)(H,25,27). The highest BCUT2D eigenvalue weighted by atomic mass is 16.5. The average Bonchev–Trinajstić information content (AvgIpc) is 3.24. The molecular formula is C23H28N2O4. The molecule has 154 valence electrons. The van der Waals surface area contributed by atoms with Gasteiger partial charge in [0.1, 0.15) is 12.4 Å². The molecule has 1 fully saturated rings. The molecule has 1 aliphatic rings. The Bertz CT molecular complexity index is 833. The molecule has 6 heteroatoms. The molecule has 1 aliphatic heterocycles. The summed E-state index contributed by atoms with van der Waals surface area (Å²) in [4.78, 5) is 24.5. The molecule has 2 N–H and O–H groups in total. The van der Waals surface area contributed by atoms with Crippen molar-refractivity contribution < 1.29 is 19.1 Å². The zero-order valence-corrected chi connectivity index (χ0v) is 17.2. The highest BCUT2D eigenvalue weighted by Gasteiger charge is 2.17. The molecule has 0 bridgehead atoms. The summed E-state index contributed by atoms with van der Waals surface area (Å²) in [6.45, 7) is 7.64. The fraction of sp³-hybridized carbons (Fsp3) is 0.391. The predicted molar refractivity (Wildman–Crippen MR) is 111 cm³/mol. The quantitative estimate of drug-likeness (QED) is 0.757. The fourth-order valence-corrected chi connectivity index (χ4v) is 3.05. The minimum atomic E-state index is -0.393. The van der Waals surface area contributed by atoms with E-state index in [0.717, 1.165) is 25.0 Å². The molecule has 2 aromatic carbocycles. The maximum atomic E-state index is 12.3. The van der Waals surface area contributed by atoms with E-state index >= 15 is 0 Å². The van der Waals surface area contributed by atoms with Crippen molar-refractivity contribution in [3.05, 3.63) is 65.2 Å². The maximum Gasteiger partial charge on any atom is 0.269 e. The Morgan fingerprint density at radius 3 is 2.00 bits per heavy atom. The third kappa shape index (κ3) is 5.81. The van der Waals surface area contributed by atoms with Crippen molar-refractivity contribution in [2.24, 2.45) is 0 Å². The van der Waals surface area contributed by atoms with Gasteiger partial charge in [-0.1, -0.05) is 32.9 Å². The summed E-state index contributed by atoms with van der Waals surface area (Å²) in [6.07, 6.45) is 2.23. The predicted octanol–water partition coefficient (Wildman–Crippen LogP) is 3.62. The lowest BCUT2D eigenvalue weighted by atomic mass is 9.87. The van der Waals surface area contributed by atoms with Gasteiger partial charge < -0.3 is 9.47 Å². The van der Waals surface area contributed by atoms with Crippen LogP contribution in [0.4, 0.5) is 0 Å². The Kier molecular flexibility index (Phi) is 6.54. The summed E-state index contributed by atoms with van der Waals surface area (Å²) in [5, 5.41) is 0. The molecule has 29 heavy (non-hydrogen) atoms. The van der Waals surface area contributed by atoms with E-state index < -0.39 is 5.91 Å². The number of ether oxygens (including phenoxy) is 2. The molecule has 0 radical (unpaired) electrons. The molecule has 1 unspecified atom stereocenters. The van der Waals surface area contributed by atoms with Crippen molar-refractivity contribution in [3.63, 3.8) is 0 Å². The normalized spacial score (nSPS) is 16.3. The third-order valence-corrected chi connectivity index (χ3v) is 4.88. The number of nitrogens with one attached hydrogen (secondary N) is 2. The number of carbonyl (C=O) groups excluding carboxylic acids is 2. The second-order valence-corrected chi connectivity index (χ2v) is 8.21. The SMILES string of the molecule is CC(C)(C)c1ccc(C(=O)NNC(=O)c2ccc(OCC3CCCO3)cc2)cc1. The first-order valence-electron chi connectivity index (χ1n) is 9.88. The highest BCUT2D eigenvalue weighted by molar-refractivity contribution is 5.99. The molecule has 2 amide bonds. The summed E-state index contributed by atoms with van der Waals surface area (Å²) >= 11 is 0. The van der Waals surface area contributed by atoms with Crippen LogP contribution in [0.25, 0.3) is 0 Å². The first kappa shape index (κ1) is 20.9. The smallest absolute Gasteiger partial charge is 0.269 e. The second kappa shape index (κ2) is 9.09. The van der Waals surface area contributed by atoms with E-state index in [0.29, 0.717) is 23.5 Å². The number of benzene rings is 2. The van der Waals surface area contributed by atoms with Gasteiger partial charge in [-0.25, -0.2) is 0 Å². The van der Waals surface area contributed by atoms with Crippen LogP contribution in [0.1, 0.15) is 59.9 Å². The summed E-state index contributed by atoms with van der Waals surface area (Å²) < 4.78 is 11.2. The van der Waals surface area contributed by atoms with Gasteiger partial charge in [-0.2, -0.15) is 0 Å². The van der Waals surface area contributed by atoms with Crippen LogP contribution >= 0.6 is 0 Å². The van der Waals surface area contributed by atoms with Crippen LogP contribution in [0.15, 0.2) is 48.5 Å². The van der Waals surface area contributed by atoms with E-state index in [4.69, 9.17) is 9.47 Å². The molecule has 1 atom stereocenters. The Morgan fingerprint density at radius 2 is 1.52 bits per heavy atom. The summed E-state index contributed by atoms with van der Waals surface area (Å²) in [6, 6.07) is 14.1. The average molecular weight is 396 g/mol. The zero-order chi connectivity index (χ0) is 20.9. The number of amides is 2. The highest BCUT2D eigenvalue weighted by Crippen LogP contribution is 2.22. The van der Waals surface area contributed by atoms with E-state index in [1.54, 1.807) is 36.4 Å². The Morgan fingerprint density at radius 1 is 0.966 bits per heavy atom. The molecule has 1 heterocycles. The largest absolute Gasteiger partial charge is 0.491 e. The van der Waals surface area contributed by atoms with Crippen molar-refractivity contribution in [1.82, 2.24) is 10.9 Å². The number of hydrazine groups is 1. The number of carbonyl (C=O) groups is 2. The van der Waals surface area contributed by atoms with Gasteiger partial charge in [-0.3, -0.25) is 20.4 Å². The van der Waals surface area contributed by atoms with Gasteiger partial charge >= 0.3 is 0 Å². The van der Waals surface area contributed by atoms with Crippen LogP contribution < -0.4 is 15.6 Å². The molecule has 0 aliphatic carbocycles. The van der Waals surface area contributed by atoms with Gasteiger partial charge in [-0.05, 0) is 60.2 Å². The molecule has 0 aromatic heterocycles. The van der Waals surface area contributed by atoms with Crippen LogP contribution in [-0.4, -0.2) is 31.1 Å². The number of hydrogen-bond donors (Lipinski definition) is 2. The molecular weight excluding hydrogens is 368 g/mol. The van der Waals surface area contributed by atoms with Crippen LogP contribution in [0.3, 0.4) is 0 Å². The lowest BCUT2D eigenvalue weighted by Gasteiger charge is -2.19. The number of hydrogen-bond acceptors (Lipinski definition) is 4.